The van der Waals surface area contributed by atoms with Crippen molar-refractivity contribution < 1.29 is 14.3 Å². The van der Waals surface area contributed by atoms with Gasteiger partial charge >= 0.3 is 6.03 Å². The molecule has 1 heterocycles. The molecule has 0 aliphatic carbocycles. The monoisotopic (exact) mass is 277 g/mol. The summed E-state index contributed by atoms with van der Waals surface area (Å²) in [5, 5.41) is 5.58. The molecule has 0 spiro atoms. The third-order valence-corrected chi connectivity index (χ3v) is 3.10. The summed E-state index contributed by atoms with van der Waals surface area (Å²) in [4.78, 5) is 24.9. The van der Waals surface area contributed by atoms with E-state index in [4.69, 9.17) is 4.74 Å². The number of ether oxygens (including phenoxy) is 1. The van der Waals surface area contributed by atoms with Crippen LogP contribution in [0.1, 0.15) is 12.5 Å². The minimum absolute atomic E-state index is 0.134. The van der Waals surface area contributed by atoms with Gasteiger partial charge in [0.15, 0.2) is 0 Å². The van der Waals surface area contributed by atoms with E-state index < -0.39 is 0 Å². The molecular formula is C14H19N3O3. The van der Waals surface area contributed by atoms with Gasteiger partial charge in [0, 0.05) is 31.4 Å². The lowest BCUT2D eigenvalue weighted by Crippen LogP contribution is -2.43. The highest BCUT2D eigenvalue weighted by atomic mass is 16.5. The first-order chi connectivity index (χ1) is 9.56. The Balaban J connectivity index is 2.05. The number of hydrogen-bond acceptors (Lipinski definition) is 3. The normalized spacial score (nSPS) is 14.8. The lowest BCUT2D eigenvalue weighted by Gasteiger charge is -2.27. The van der Waals surface area contributed by atoms with Crippen molar-refractivity contribution in [2.24, 2.45) is 0 Å². The lowest BCUT2D eigenvalue weighted by molar-refractivity contribution is -0.114. The van der Waals surface area contributed by atoms with E-state index in [1.165, 1.54) is 6.92 Å². The molecule has 1 aliphatic heterocycles. The lowest BCUT2D eigenvalue weighted by atomic mass is 10.2. The van der Waals surface area contributed by atoms with Crippen LogP contribution in [0.2, 0.25) is 0 Å². The molecule has 0 aromatic heterocycles. The van der Waals surface area contributed by atoms with Crippen LogP contribution in [0.5, 0.6) is 0 Å². The van der Waals surface area contributed by atoms with Gasteiger partial charge in [-0.3, -0.25) is 4.79 Å². The number of benzene rings is 1. The molecule has 1 aliphatic rings. The van der Waals surface area contributed by atoms with Gasteiger partial charge in [-0.05, 0) is 24.6 Å². The molecule has 108 valence electrons. The van der Waals surface area contributed by atoms with Crippen LogP contribution in [-0.2, 0) is 9.53 Å². The summed E-state index contributed by atoms with van der Waals surface area (Å²) in [6, 6.07) is 5.29. The highest BCUT2D eigenvalue weighted by Crippen LogP contribution is 2.20. The van der Waals surface area contributed by atoms with Crippen molar-refractivity contribution in [3.8, 4) is 0 Å². The standard InChI is InChI=1S/C14H19N3O3/c1-10-3-4-12(9-13(10)15-11(2)18)16-14(19)17-5-7-20-8-6-17/h3-4,9H,5-8H2,1-2H3,(H,15,18)(H,16,19). The average Bonchev–Trinajstić information content (AvgIpc) is 2.43. The first-order valence-corrected chi connectivity index (χ1v) is 6.58. The van der Waals surface area contributed by atoms with Crippen molar-refractivity contribution in [2.45, 2.75) is 13.8 Å². The summed E-state index contributed by atoms with van der Waals surface area (Å²) in [5.41, 5.74) is 2.32. The molecule has 6 nitrogen and oxygen atoms in total. The summed E-state index contributed by atoms with van der Waals surface area (Å²) in [6.45, 7) is 5.68. The van der Waals surface area contributed by atoms with Gasteiger partial charge in [-0.2, -0.15) is 0 Å². The number of carbonyl (C=O) groups excluding carboxylic acids is 2. The molecule has 1 fully saturated rings. The van der Waals surface area contributed by atoms with Gasteiger partial charge in [-0.25, -0.2) is 4.79 Å². The van der Waals surface area contributed by atoms with Gasteiger partial charge in [-0.15, -0.1) is 0 Å². The van der Waals surface area contributed by atoms with Crippen LogP contribution >= 0.6 is 0 Å². The number of hydrogen-bond donors (Lipinski definition) is 2. The summed E-state index contributed by atoms with van der Waals surface area (Å²) in [5.74, 6) is -0.134. The van der Waals surface area contributed by atoms with Crippen molar-refractivity contribution in [2.75, 3.05) is 36.9 Å². The Hall–Kier alpha value is -2.08. The smallest absolute Gasteiger partial charge is 0.322 e. The van der Waals surface area contributed by atoms with E-state index >= 15 is 0 Å². The molecule has 2 N–H and O–H groups in total. The Morgan fingerprint density at radius 2 is 1.90 bits per heavy atom. The van der Waals surface area contributed by atoms with Crippen molar-refractivity contribution >= 4 is 23.3 Å². The molecule has 1 saturated heterocycles. The fourth-order valence-corrected chi connectivity index (χ4v) is 1.99. The van der Waals surface area contributed by atoms with E-state index in [9.17, 15) is 9.59 Å². The van der Waals surface area contributed by atoms with Crippen LogP contribution in [0.3, 0.4) is 0 Å². The number of aryl methyl sites for hydroxylation is 1. The second-order valence-corrected chi connectivity index (χ2v) is 4.74. The Kier molecular flexibility index (Phi) is 4.57. The number of carbonyl (C=O) groups is 2. The van der Waals surface area contributed by atoms with Gasteiger partial charge in [0.05, 0.1) is 13.2 Å². The Morgan fingerprint density at radius 3 is 2.55 bits per heavy atom. The van der Waals surface area contributed by atoms with E-state index in [2.05, 4.69) is 10.6 Å². The zero-order valence-electron chi connectivity index (χ0n) is 11.7. The third-order valence-electron chi connectivity index (χ3n) is 3.10. The predicted molar refractivity (Wildman–Crippen MR) is 76.9 cm³/mol. The van der Waals surface area contributed by atoms with Crippen LogP contribution in [0, 0.1) is 6.92 Å². The van der Waals surface area contributed by atoms with Crippen molar-refractivity contribution in [3.63, 3.8) is 0 Å². The maximum Gasteiger partial charge on any atom is 0.322 e. The molecule has 0 bridgehead atoms. The number of anilines is 2. The second kappa shape index (κ2) is 6.38. The van der Waals surface area contributed by atoms with Crippen molar-refractivity contribution in [1.82, 2.24) is 4.90 Å². The SMILES string of the molecule is CC(=O)Nc1cc(NC(=O)N2CCOCC2)ccc1C. The maximum atomic E-state index is 12.1. The highest BCUT2D eigenvalue weighted by Gasteiger charge is 2.16. The maximum absolute atomic E-state index is 12.1. The summed E-state index contributed by atoms with van der Waals surface area (Å²) in [6.07, 6.45) is 0. The van der Waals surface area contributed by atoms with Gasteiger partial charge < -0.3 is 20.3 Å². The molecular weight excluding hydrogens is 258 g/mol. The largest absolute Gasteiger partial charge is 0.378 e. The molecule has 3 amide bonds. The molecule has 1 aromatic carbocycles. The van der Waals surface area contributed by atoms with Gasteiger partial charge in [-0.1, -0.05) is 6.07 Å². The number of rotatable bonds is 2. The summed E-state index contributed by atoms with van der Waals surface area (Å²) >= 11 is 0. The van der Waals surface area contributed by atoms with E-state index in [0.717, 1.165) is 5.56 Å². The number of nitrogens with zero attached hydrogens (tertiary/aromatic N) is 1. The van der Waals surface area contributed by atoms with Gasteiger partial charge in [0.2, 0.25) is 5.91 Å². The number of urea groups is 1. The minimum Gasteiger partial charge on any atom is -0.378 e. The summed E-state index contributed by atoms with van der Waals surface area (Å²) in [7, 11) is 0. The number of nitrogens with one attached hydrogen (secondary N) is 2. The fourth-order valence-electron chi connectivity index (χ4n) is 1.99. The zero-order valence-corrected chi connectivity index (χ0v) is 11.7. The fraction of sp³-hybridized carbons (Fsp3) is 0.429. The highest BCUT2D eigenvalue weighted by molar-refractivity contribution is 5.93. The summed E-state index contributed by atoms with van der Waals surface area (Å²) < 4.78 is 5.21. The van der Waals surface area contributed by atoms with E-state index in [-0.39, 0.29) is 11.9 Å². The second-order valence-electron chi connectivity index (χ2n) is 4.74. The first kappa shape index (κ1) is 14.3. The Bertz CT molecular complexity index is 510. The molecule has 6 heteroatoms. The molecule has 0 unspecified atom stereocenters. The Labute approximate surface area is 118 Å². The van der Waals surface area contributed by atoms with Crippen LogP contribution in [0.4, 0.5) is 16.2 Å². The average molecular weight is 277 g/mol. The Morgan fingerprint density at radius 1 is 1.20 bits per heavy atom. The zero-order chi connectivity index (χ0) is 14.5. The van der Waals surface area contributed by atoms with E-state index in [1.807, 2.05) is 19.1 Å². The molecule has 0 radical (unpaired) electrons. The van der Waals surface area contributed by atoms with E-state index in [0.29, 0.717) is 37.7 Å². The third kappa shape index (κ3) is 3.71. The number of morpholine rings is 1. The molecule has 0 saturated carbocycles. The number of amides is 3. The van der Waals surface area contributed by atoms with E-state index in [1.54, 1.807) is 11.0 Å². The quantitative estimate of drug-likeness (QED) is 0.866. The van der Waals surface area contributed by atoms with Crippen LogP contribution < -0.4 is 10.6 Å². The molecule has 20 heavy (non-hydrogen) atoms. The topological polar surface area (TPSA) is 70.7 Å². The van der Waals surface area contributed by atoms with Crippen LogP contribution in [0.15, 0.2) is 18.2 Å². The molecule has 0 atom stereocenters. The van der Waals surface area contributed by atoms with Crippen molar-refractivity contribution in [3.05, 3.63) is 23.8 Å². The first-order valence-electron chi connectivity index (χ1n) is 6.58. The minimum atomic E-state index is -0.147. The van der Waals surface area contributed by atoms with Gasteiger partial charge in [0.25, 0.3) is 0 Å². The van der Waals surface area contributed by atoms with Crippen LogP contribution in [-0.4, -0.2) is 43.1 Å². The van der Waals surface area contributed by atoms with Crippen molar-refractivity contribution in [1.29, 1.82) is 0 Å². The van der Waals surface area contributed by atoms with Crippen LogP contribution in [0.25, 0.3) is 0 Å². The molecule has 1 aromatic rings. The van der Waals surface area contributed by atoms with Gasteiger partial charge in [0.1, 0.15) is 0 Å². The predicted octanol–water partition coefficient (Wildman–Crippen LogP) is 1.82. The molecule has 2 rings (SSSR count).